The fraction of sp³-hybridized carbons (Fsp3) is 0.161. The molecule has 0 fully saturated rings. The van der Waals surface area contributed by atoms with E-state index < -0.39 is 8.16 Å². The normalized spacial score (nSPS) is 14.7. The van der Waals surface area contributed by atoms with Gasteiger partial charge >= 0.3 is 8.16 Å². The zero-order chi connectivity index (χ0) is 23.2. The highest BCUT2D eigenvalue weighted by Crippen LogP contribution is 2.50. The van der Waals surface area contributed by atoms with Crippen LogP contribution in [0, 0.1) is 0 Å². The highest BCUT2D eigenvalue weighted by Gasteiger charge is 2.24. The second-order valence-electron chi connectivity index (χ2n) is 9.32. The number of hydrogen-bond acceptors (Lipinski definition) is 3. The summed E-state index contributed by atoms with van der Waals surface area (Å²) in [7, 11) is -1.51. The van der Waals surface area contributed by atoms with Crippen molar-refractivity contribution >= 4 is 53.6 Å². The molecule has 5 aromatic rings. The van der Waals surface area contributed by atoms with Gasteiger partial charge in [-0.05, 0) is 72.2 Å². The van der Waals surface area contributed by atoms with E-state index in [1.165, 1.54) is 41.2 Å². The average molecular weight is 476 g/mol. The highest BCUT2D eigenvalue weighted by atomic mass is 31.1. The summed E-state index contributed by atoms with van der Waals surface area (Å²) in [6.07, 6.45) is 10.2. The Kier molecular flexibility index (Phi) is 5.03. The van der Waals surface area contributed by atoms with Crippen LogP contribution >= 0.6 is 8.16 Å². The van der Waals surface area contributed by atoms with Crippen molar-refractivity contribution in [2.75, 3.05) is 4.67 Å². The van der Waals surface area contributed by atoms with Crippen LogP contribution in [-0.2, 0) is 12.8 Å². The Balaban J connectivity index is 1.61. The Labute approximate surface area is 205 Å². The number of nitrogens with zero attached hydrogens (tertiary/aromatic N) is 1. The fourth-order valence-corrected chi connectivity index (χ4v) is 7.05. The maximum Gasteiger partial charge on any atom is 0.346 e. The van der Waals surface area contributed by atoms with Gasteiger partial charge in [0.2, 0.25) is 0 Å². The van der Waals surface area contributed by atoms with Crippen molar-refractivity contribution < 1.29 is 8.39 Å². The van der Waals surface area contributed by atoms with Gasteiger partial charge in [-0.1, -0.05) is 79.2 Å². The standard InChI is InChI=1S/C31H26NO2P/c1-2-12-24-14-8-18-28-30(24)31-25(13-3-1)15-9-19-29(31)34-35(33-28)32-26-16-6-4-10-22(26)20-21-23-11-5-7-17-27(23)32/h4-11,14-21H,1-3,12-13H2. The van der Waals surface area contributed by atoms with E-state index in [4.69, 9.17) is 8.39 Å². The van der Waals surface area contributed by atoms with Gasteiger partial charge in [-0.2, -0.15) is 0 Å². The van der Waals surface area contributed by atoms with Gasteiger partial charge in [0.15, 0.2) is 0 Å². The first kappa shape index (κ1) is 20.7. The van der Waals surface area contributed by atoms with Crippen LogP contribution in [0.2, 0.25) is 0 Å². The molecule has 1 aliphatic heterocycles. The van der Waals surface area contributed by atoms with Gasteiger partial charge in [-0.15, -0.1) is 0 Å². The Morgan fingerprint density at radius 1 is 0.543 bits per heavy atom. The molecule has 172 valence electrons. The van der Waals surface area contributed by atoms with Crippen molar-refractivity contribution in [2.24, 2.45) is 0 Å². The maximum absolute atomic E-state index is 6.90. The summed E-state index contributed by atoms with van der Waals surface area (Å²) in [5, 5.41) is 2.44. The lowest BCUT2D eigenvalue weighted by molar-refractivity contribution is 0.638. The van der Waals surface area contributed by atoms with E-state index in [-0.39, 0.29) is 0 Å². The molecule has 0 N–H and O–H groups in total. The largest absolute Gasteiger partial charge is 0.403 e. The number of benzene rings is 4. The molecule has 2 aliphatic rings. The van der Waals surface area contributed by atoms with Crippen LogP contribution in [-0.4, -0.2) is 0 Å². The molecule has 0 amide bonds. The third-order valence-electron chi connectivity index (χ3n) is 7.16. The van der Waals surface area contributed by atoms with E-state index in [2.05, 4.69) is 102 Å². The molecule has 4 heteroatoms. The quantitative estimate of drug-likeness (QED) is 0.237. The molecule has 7 rings (SSSR count). The van der Waals surface area contributed by atoms with Gasteiger partial charge in [-0.3, -0.25) is 0 Å². The molecule has 1 aromatic heterocycles. The Hall–Kier alpha value is -3.68. The lowest BCUT2D eigenvalue weighted by Crippen LogP contribution is -2.07. The monoisotopic (exact) mass is 475 g/mol. The van der Waals surface area contributed by atoms with Crippen molar-refractivity contribution in [1.29, 1.82) is 0 Å². The summed E-state index contributed by atoms with van der Waals surface area (Å²) in [6.45, 7) is 0. The molecule has 0 bridgehead atoms. The second kappa shape index (κ2) is 8.52. The molecule has 0 saturated carbocycles. The Morgan fingerprint density at radius 3 is 1.60 bits per heavy atom. The predicted octanol–water partition coefficient (Wildman–Crippen LogP) is 9.64. The summed E-state index contributed by atoms with van der Waals surface area (Å²) >= 11 is 0. The molecule has 0 radical (unpaired) electrons. The van der Waals surface area contributed by atoms with Crippen LogP contribution in [0.15, 0.2) is 93.3 Å². The first-order valence-corrected chi connectivity index (χ1v) is 13.6. The van der Waals surface area contributed by atoms with E-state index in [1.54, 1.807) is 0 Å². The minimum atomic E-state index is -1.51. The topological polar surface area (TPSA) is 29.5 Å². The molecular formula is C31H26NO2P. The summed E-state index contributed by atoms with van der Waals surface area (Å²) in [4.78, 5) is 0. The van der Waals surface area contributed by atoms with Crippen LogP contribution in [0.5, 0.6) is 0 Å². The minimum absolute atomic E-state index is 0.925. The number of aryl methyl sites for hydroxylation is 2. The molecule has 0 atom stereocenters. The Bertz CT molecular complexity index is 1530. The van der Waals surface area contributed by atoms with Crippen molar-refractivity contribution in [1.82, 2.24) is 0 Å². The predicted molar refractivity (Wildman–Crippen MR) is 147 cm³/mol. The first-order valence-electron chi connectivity index (χ1n) is 12.4. The second-order valence-corrected chi connectivity index (χ2v) is 10.6. The van der Waals surface area contributed by atoms with E-state index in [0.717, 1.165) is 46.5 Å². The minimum Gasteiger partial charge on any atom is -0.403 e. The van der Waals surface area contributed by atoms with Crippen LogP contribution < -0.4 is 4.67 Å². The van der Waals surface area contributed by atoms with Crippen molar-refractivity contribution in [2.45, 2.75) is 32.1 Å². The summed E-state index contributed by atoms with van der Waals surface area (Å²) < 4.78 is 16.1. The Morgan fingerprint density at radius 2 is 1.06 bits per heavy atom. The van der Waals surface area contributed by atoms with E-state index in [9.17, 15) is 0 Å². The smallest absolute Gasteiger partial charge is 0.346 e. The van der Waals surface area contributed by atoms with Crippen molar-refractivity contribution in [3.63, 3.8) is 0 Å². The number of para-hydroxylation sites is 2. The maximum atomic E-state index is 6.90. The summed E-state index contributed by atoms with van der Waals surface area (Å²) in [5.74, 6) is 0. The molecule has 1 aliphatic carbocycles. The van der Waals surface area contributed by atoms with Gasteiger partial charge in [0.1, 0.15) is 11.2 Å². The molecule has 0 saturated heterocycles. The molecule has 0 spiro atoms. The molecule has 3 nitrogen and oxygen atoms in total. The van der Waals surface area contributed by atoms with E-state index in [1.807, 2.05) is 0 Å². The van der Waals surface area contributed by atoms with Gasteiger partial charge in [0, 0.05) is 10.8 Å². The van der Waals surface area contributed by atoms with Gasteiger partial charge in [0.25, 0.3) is 0 Å². The van der Waals surface area contributed by atoms with Gasteiger partial charge in [-0.25, -0.2) is 4.67 Å². The summed E-state index contributed by atoms with van der Waals surface area (Å²) in [5.41, 5.74) is 9.06. The molecule has 35 heavy (non-hydrogen) atoms. The number of rotatable bonds is 1. The van der Waals surface area contributed by atoms with Crippen molar-refractivity contribution in [3.05, 3.63) is 107 Å². The van der Waals surface area contributed by atoms with Crippen LogP contribution in [0.1, 0.15) is 41.5 Å². The third-order valence-corrected chi connectivity index (χ3v) is 8.62. The zero-order valence-corrected chi connectivity index (χ0v) is 20.4. The van der Waals surface area contributed by atoms with Gasteiger partial charge < -0.3 is 8.39 Å². The molecule has 2 heterocycles. The van der Waals surface area contributed by atoms with Crippen molar-refractivity contribution in [3.8, 4) is 0 Å². The summed E-state index contributed by atoms with van der Waals surface area (Å²) in [6, 6.07) is 30.0. The van der Waals surface area contributed by atoms with Crippen LogP contribution in [0.4, 0.5) is 11.4 Å². The highest BCUT2D eigenvalue weighted by molar-refractivity contribution is 7.40. The number of anilines is 2. The lowest BCUT2D eigenvalue weighted by atomic mass is 9.99. The number of fused-ring (bicyclic) bond motifs is 2. The van der Waals surface area contributed by atoms with E-state index in [0.29, 0.717) is 0 Å². The molecular weight excluding hydrogens is 449 g/mol. The van der Waals surface area contributed by atoms with Gasteiger partial charge in [0.05, 0.1) is 11.4 Å². The lowest BCUT2D eigenvalue weighted by Gasteiger charge is -2.23. The molecule has 4 aromatic carbocycles. The van der Waals surface area contributed by atoms with Crippen LogP contribution in [0.25, 0.3) is 34.1 Å². The zero-order valence-electron chi connectivity index (χ0n) is 19.5. The molecule has 0 unspecified atom stereocenters. The fourth-order valence-electron chi connectivity index (χ4n) is 5.49. The third kappa shape index (κ3) is 3.50. The number of hydrogen-bond donors (Lipinski definition) is 0. The average Bonchev–Trinajstić information content (AvgIpc) is 3.11. The van der Waals surface area contributed by atoms with Crippen LogP contribution in [0.3, 0.4) is 0 Å². The SMILES string of the molecule is C1=Cc2ccccc2N(p2oc3cccc4c3c3c(cccc3o2)CCCCC4)c2ccccc21. The van der Waals surface area contributed by atoms with E-state index >= 15 is 0 Å². The first-order chi connectivity index (χ1) is 17.4.